The first-order valence-electron chi connectivity index (χ1n) is 8.28. The third-order valence-corrected chi connectivity index (χ3v) is 4.52. The lowest BCUT2D eigenvalue weighted by molar-refractivity contribution is 0.0211. The molecule has 2 rings (SSSR count). The van der Waals surface area contributed by atoms with Crippen LogP contribution in [0.3, 0.4) is 0 Å². The van der Waals surface area contributed by atoms with E-state index < -0.39 is 5.60 Å². The molecule has 0 spiro atoms. The number of benzene rings is 1. The first-order valence-corrected chi connectivity index (χ1v) is 8.28. The van der Waals surface area contributed by atoms with Crippen molar-refractivity contribution in [3.05, 3.63) is 29.3 Å². The van der Waals surface area contributed by atoms with Crippen LogP contribution in [-0.4, -0.2) is 47.8 Å². The summed E-state index contributed by atoms with van der Waals surface area (Å²) in [7, 11) is 0. The number of nitrogens with two attached hydrogens (primary N) is 1. The molecule has 5 nitrogen and oxygen atoms in total. The fourth-order valence-corrected chi connectivity index (χ4v) is 2.86. The molecule has 0 saturated carbocycles. The number of aryl methyl sites for hydroxylation is 1. The molecule has 3 N–H and O–H groups in total. The lowest BCUT2D eigenvalue weighted by Crippen LogP contribution is -2.35. The van der Waals surface area contributed by atoms with Gasteiger partial charge in [-0.05, 0) is 57.9 Å². The molecule has 1 atom stereocenters. The van der Waals surface area contributed by atoms with Gasteiger partial charge in [0, 0.05) is 24.6 Å². The third kappa shape index (κ3) is 4.45. The minimum atomic E-state index is -0.751. The topological polar surface area (TPSA) is 75.8 Å². The summed E-state index contributed by atoms with van der Waals surface area (Å²) in [5, 5.41) is 10.1. The van der Waals surface area contributed by atoms with Crippen molar-refractivity contribution in [1.82, 2.24) is 4.90 Å². The fraction of sp³-hybridized carbons (Fsp3) is 0.611. The molecule has 0 aliphatic carbocycles. The minimum absolute atomic E-state index is 0.000393. The van der Waals surface area contributed by atoms with E-state index in [0.717, 1.165) is 24.2 Å². The van der Waals surface area contributed by atoms with Gasteiger partial charge in [0.2, 0.25) is 0 Å². The Balaban J connectivity index is 2.06. The van der Waals surface area contributed by atoms with Crippen molar-refractivity contribution in [2.45, 2.75) is 39.2 Å². The quantitative estimate of drug-likeness (QED) is 0.786. The zero-order valence-electron chi connectivity index (χ0n) is 14.3. The second-order valence-electron chi connectivity index (χ2n) is 6.86. The smallest absolute Gasteiger partial charge is 0.253 e. The number of amides is 1. The van der Waals surface area contributed by atoms with Crippen LogP contribution in [0.1, 0.15) is 42.6 Å². The summed E-state index contributed by atoms with van der Waals surface area (Å²) in [6, 6.07) is 5.56. The summed E-state index contributed by atoms with van der Waals surface area (Å²) in [5.74, 6) is 0.861. The molecule has 1 aromatic rings. The molecule has 0 unspecified atom stereocenters. The number of carbonyl (C=O) groups excluding carboxylic acids is 1. The Bertz CT molecular complexity index is 552. The highest BCUT2D eigenvalue weighted by Gasteiger charge is 2.35. The maximum absolute atomic E-state index is 12.7. The van der Waals surface area contributed by atoms with Crippen LogP contribution in [0.15, 0.2) is 18.2 Å². The molecule has 1 aliphatic rings. The number of aliphatic hydroxyl groups is 1. The van der Waals surface area contributed by atoms with Crippen LogP contribution in [0.25, 0.3) is 0 Å². The highest BCUT2D eigenvalue weighted by atomic mass is 16.5. The average molecular weight is 320 g/mol. The molecular weight excluding hydrogens is 292 g/mol. The molecule has 128 valence electrons. The summed E-state index contributed by atoms with van der Waals surface area (Å²) in [4.78, 5) is 14.5. The van der Waals surface area contributed by atoms with Gasteiger partial charge in [-0.25, -0.2) is 0 Å². The normalized spacial score (nSPS) is 18.3. The standard InChI is InChI=1S/C18H28N2O3/c1-13-5-6-14(11-16(13)23-10-4-8-19)17(21)20-9-7-15(12-20)18(2,3)22/h5-6,11,15,22H,4,7-10,12,19H2,1-3H3/t15-/m0/s1. The monoisotopic (exact) mass is 320 g/mol. The Morgan fingerprint density at radius 1 is 1.48 bits per heavy atom. The van der Waals surface area contributed by atoms with Gasteiger partial charge in [-0.15, -0.1) is 0 Å². The van der Waals surface area contributed by atoms with E-state index in [2.05, 4.69) is 0 Å². The van der Waals surface area contributed by atoms with Gasteiger partial charge in [-0.3, -0.25) is 4.79 Å². The summed E-state index contributed by atoms with van der Waals surface area (Å²) in [6.45, 7) is 8.00. The predicted molar refractivity (Wildman–Crippen MR) is 90.7 cm³/mol. The number of nitrogens with zero attached hydrogens (tertiary/aromatic N) is 1. The van der Waals surface area contributed by atoms with Crippen molar-refractivity contribution in [2.75, 3.05) is 26.2 Å². The summed E-state index contributed by atoms with van der Waals surface area (Å²) in [6.07, 6.45) is 1.62. The van der Waals surface area contributed by atoms with E-state index in [-0.39, 0.29) is 11.8 Å². The van der Waals surface area contributed by atoms with Gasteiger partial charge in [0.05, 0.1) is 12.2 Å². The largest absolute Gasteiger partial charge is 0.493 e. The number of hydrogen-bond donors (Lipinski definition) is 2. The molecule has 1 aliphatic heterocycles. The lowest BCUT2D eigenvalue weighted by Gasteiger charge is -2.25. The summed E-state index contributed by atoms with van der Waals surface area (Å²) >= 11 is 0. The van der Waals surface area contributed by atoms with Gasteiger partial charge in [0.1, 0.15) is 5.75 Å². The van der Waals surface area contributed by atoms with Crippen molar-refractivity contribution < 1.29 is 14.6 Å². The molecule has 0 radical (unpaired) electrons. The zero-order valence-corrected chi connectivity index (χ0v) is 14.3. The number of ether oxygens (including phenoxy) is 1. The van der Waals surface area contributed by atoms with Gasteiger partial charge >= 0.3 is 0 Å². The molecule has 1 aromatic carbocycles. The maximum atomic E-state index is 12.7. The molecule has 0 aromatic heterocycles. The van der Waals surface area contributed by atoms with Crippen molar-refractivity contribution >= 4 is 5.91 Å². The van der Waals surface area contributed by atoms with Gasteiger partial charge in [0.15, 0.2) is 0 Å². The summed E-state index contributed by atoms with van der Waals surface area (Å²) < 4.78 is 5.72. The Morgan fingerprint density at radius 3 is 2.83 bits per heavy atom. The van der Waals surface area contributed by atoms with Crippen molar-refractivity contribution in [3.8, 4) is 5.75 Å². The Kier molecular flexibility index (Phi) is 5.65. The molecule has 1 saturated heterocycles. The van der Waals surface area contributed by atoms with E-state index >= 15 is 0 Å². The number of rotatable bonds is 6. The van der Waals surface area contributed by atoms with E-state index in [0.29, 0.717) is 31.8 Å². The Morgan fingerprint density at radius 2 is 2.22 bits per heavy atom. The number of hydrogen-bond acceptors (Lipinski definition) is 4. The number of likely N-dealkylation sites (tertiary alicyclic amines) is 1. The van der Waals surface area contributed by atoms with E-state index in [9.17, 15) is 9.90 Å². The van der Waals surface area contributed by atoms with Gasteiger partial charge in [-0.2, -0.15) is 0 Å². The molecule has 1 heterocycles. The van der Waals surface area contributed by atoms with Gasteiger partial charge < -0.3 is 20.5 Å². The van der Waals surface area contributed by atoms with Crippen molar-refractivity contribution in [1.29, 1.82) is 0 Å². The average Bonchev–Trinajstić information content (AvgIpc) is 2.98. The van der Waals surface area contributed by atoms with E-state index in [1.807, 2.05) is 30.0 Å². The minimum Gasteiger partial charge on any atom is -0.493 e. The molecule has 0 bridgehead atoms. The number of carbonyl (C=O) groups is 1. The van der Waals surface area contributed by atoms with Crippen LogP contribution < -0.4 is 10.5 Å². The zero-order chi connectivity index (χ0) is 17.0. The van der Waals surface area contributed by atoms with E-state index in [4.69, 9.17) is 10.5 Å². The van der Waals surface area contributed by atoms with Crippen LogP contribution in [0.4, 0.5) is 0 Å². The van der Waals surface area contributed by atoms with Crippen LogP contribution in [0, 0.1) is 12.8 Å². The highest BCUT2D eigenvalue weighted by molar-refractivity contribution is 5.95. The van der Waals surface area contributed by atoms with Crippen LogP contribution in [-0.2, 0) is 0 Å². The van der Waals surface area contributed by atoms with Gasteiger partial charge in [0.25, 0.3) is 5.91 Å². The molecule has 5 heteroatoms. The molecule has 23 heavy (non-hydrogen) atoms. The second-order valence-corrected chi connectivity index (χ2v) is 6.86. The predicted octanol–water partition coefficient (Wildman–Crippen LogP) is 1.96. The molecule has 1 fully saturated rings. The van der Waals surface area contributed by atoms with E-state index in [1.54, 1.807) is 13.8 Å². The van der Waals surface area contributed by atoms with Crippen LogP contribution in [0.5, 0.6) is 5.75 Å². The maximum Gasteiger partial charge on any atom is 0.253 e. The fourth-order valence-electron chi connectivity index (χ4n) is 2.86. The van der Waals surface area contributed by atoms with Crippen molar-refractivity contribution in [2.24, 2.45) is 11.7 Å². The highest BCUT2D eigenvalue weighted by Crippen LogP contribution is 2.29. The van der Waals surface area contributed by atoms with Crippen molar-refractivity contribution in [3.63, 3.8) is 0 Å². The van der Waals surface area contributed by atoms with Crippen LogP contribution >= 0.6 is 0 Å². The SMILES string of the molecule is Cc1ccc(C(=O)N2CC[C@H](C(C)(C)O)C2)cc1OCCCN. The Hall–Kier alpha value is -1.59. The van der Waals surface area contributed by atoms with Gasteiger partial charge in [-0.1, -0.05) is 6.07 Å². The summed E-state index contributed by atoms with van der Waals surface area (Å²) in [5.41, 5.74) is 6.37. The molecule has 1 amide bonds. The second kappa shape index (κ2) is 7.32. The lowest BCUT2D eigenvalue weighted by atomic mass is 9.90. The first kappa shape index (κ1) is 17.8. The third-order valence-electron chi connectivity index (χ3n) is 4.52. The van der Waals surface area contributed by atoms with E-state index in [1.165, 1.54) is 0 Å². The first-order chi connectivity index (χ1) is 10.8. The Labute approximate surface area is 138 Å². The van der Waals surface area contributed by atoms with Crippen LogP contribution in [0.2, 0.25) is 0 Å². The molecular formula is C18H28N2O3.